The minimum atomic E-state index is 0.323. The van der Waals surface area contributed by atoms with Gasteiger partial charge >= 0.3 is 0 Å². The van der Waals surface area contributed by atoms with E-state index in [2.05, 4.69) is 19.9 Å². The van der Waals surface area contributed by atoms with Crippen LogP contribution in [0.2, 0.25) is 5.02 Å². The van der Waals surface area contributed by atoms with Gasteiger partial charge in [0.05, 0.1) is 5.02 Å². The van der Waals surface area contributed by atoms with Gasteiger partial charge in [-0.25, -0.2) is 0 Å². The van der Waals surface area contributed by atoms with Gasteiger partial charge in [0.2, 0.25) is 0 Å². The first-order valence-corrected chi connectivity index (χ1v) is 7.67. The van der Waals surface area contributed by atoms with Crippen molar-refractivity contribution in [3.63, 3.8) is 0 Å². The molecular weight excluding hydrogens is 302 g/mol. The topological polar surface area (TPSA) is 35.2 Å². The second-order valence-corrected chi connectivity index (χ2v) is 5.81. The molecule has 2 aromatic carbocycles. The van der Waals surface area contributed by atoms with Crippen molar-refractivity contribution < 1.29 is 4.74 Å². The quantitative estimate of drug-likeness (QED) is 0.761. The molecule has 1 unspecified atom stereocenters. The van der Waals surface area contributed by atoms with Crippen LogP contribution in [-0.4, -0.2) is 4.99 Å². The molecule has 0 heterocycles. The van der Waals surface area contributed by atoms with E-state index in [0.29, 0.717) is 21.7 Å². The summed E-state index contributed by atoms with van der Waals surface area (Å²) < 4.78 is 5.98. The molecule has 0 aliphatic heterocycles. The van der Waals surface area contributed by atoms with Gasteiger partial charge in [0, 0.05) is 5.56 Å². The highest BCUT2D eigenvalue weighted by Gasteiger charge is 2.12. The lowest BCUT2D eigenvalue weighted by atomic mass is 9.98. The summed E-state index contributed by atoms with van der Waals surface area (Å²) >= 11 is 11.2. The molecule has 1 atom stereocenters. The minimum absolute atomic E-state index is 0.323. The summed E-state index contributed by atoms with van der Waals surface area (Å²) in [4.78, 5) is 0.323. The molecule has 21 heavy (non-hydrogen) atoms. The molecule has 0 amide bonds. The molecule has 0 spiro atoms. The molecule has 2 rings (SSSR count). The third kappa shape index (κ3) is 3.74. The fraction of sp³-hybridized carbons (Fsp3) is 0.235. The van der Waals surface area contributed by atoms with Crippen LogP contribution in [0.5, 0.6) is 11.5 Å². The number of halogens is 1. The standard InChI is InChI=1S/C17H18ClNOS/c1-3-11(2)13-6-4-5-7-15(13)20-16-9-8-12(17(19)21)10-14(16)18/h4-11H,3H2,1-2H3,(H2,19,21). The highest BCUT2D eigenvalue weighted by atomic mass is 35.5. The second kappa shape index (κ2) is 6.92. The molecule has 110 valence electrons. The van der Waals surface area contributed by atoms with Crippen LogP contribution in [0.15, 0.2) is 42.5 Å². The van der Waals surface area contributed by atoms with Gasteiger partial charge in [-0.3, -0.25) is 0 Å². The van der Waals surface area contributed by atoms with Crippen LogP contribution in [0.25, 0.3) is 0 Å². The first-order valence-electron chi connectivity index (χ1n) is 6.89. The third-order valence-corrected chi connectivity index (χ3v) is 4.03. The maximum Gasteiger partial charge on any atom is 0.146 e. The Morgan fingerprint density at radius 2 is 1.95 bits per heavy atom. The Labute approximate surface area is 135 Å². The number of hydrogen-bond donors (Lipinski definition) is 1. The Bertz CT molecular complexity index is 657. The number of para-hydroxylation sites is 1. The highest BCUT2D eigenvalue weighted by Crippen LogP contribution is 2.35. The lowest BCUT2D eigenvalue weighted by Crippen LogP contribution is -2.09. The van der Waals surface area contributed by atoms with Crippen molar-refractivity contribution in [2.75, 3.05) is 0 Å². The van der Waals surface area contributed by atoms with Crippen molar-refractivity contribution >= 4 is 28.8 Å². The lowest BCUT2D eigenvalue weighted by molar-refractivity contribution is 0.470. The molecule has 0 saturated carbocycles. The molecule has 0 fully saturated rings. The zero-order chi connectivity index (χ0) is 15.4. The van der Waals surface area contributed by atoms with Crippen molar-refractivity contribution in [3.8, 4) is 11.5 Å². The van der Waals surface area contributed by atoms with Crippen molar-refractivity contribution in [3.05, 3.63) is 58.6 Å². The van der Waals surface area contributed by atoms with Gasteiger partial charge in [-0.1, -0.05) is 55.9 Å². The van der Waals surface area contributed by atoms with Gasteiger partial charge in [0.15, 0.2) is 0 Å². The zero-order valence-electron chi connectivity index (χ0n) is 12.1. The summed E-state index contributed by atoms with van der Waals surface area (Å²) in [6.45, 7) is 4.34. The zero-order valence-corrected chi connectivity index (χ0v) is 13.7. The van der Waals surface area contributed by atoms with Gasteiger partial charge in [-0.2, -0.15) is 0 Å². The summed E-state index contributed by atoms with van der Waals surface area (Å²) in [6.07, 6.45) is 1.05. The fourth-order valence-electron chi connectivity index (χ4n) is 2.06. The maximum atomic E-state index is 6.25. The number of nitrogens with two attached hydrogens (primary N) is 1. The highest BCUT2D eigenvalue weighted by molar-refractivity contribution is 7.80. The Hall–Kier alpha value is -1.58. The predicted octanol–water partition coefficient (Wildman–Crippen LogP) is 5.28. The van der Waals surface area contributed by atoms with Crippen molar-refractivity contribution in [1.82, 2.24) is 0 Å². The second-order valence-electron chi connectivity index (χ2n) is 4.96. The number of rotatable bonds is 5. The molecule has 0 aliphatic rings. The molecule has 2 nitrogen and oxygen atoms in total. The molecule has 2 N–H and O–H groups in total. The van der Waals surface area contributed by atoms with E-state index in [1.54, 1.807) is 12.1 Å². The van der Waals surface area contributed by atoms with Crippen LogP contribution >= 0.6 is 23.8 Å². The predicted molar refractivity (Wildman–Crippen MR) is 92.6 cm³/mol. The first kappa shape index (κ1) is 15.8. The smallest absolute Gasteiger partial charge is 0.146 e. The van der Waals surface area contributed by atoms with Gasteiger partial charge in [-0.15, -0.1) is 0 Å². The molecule has 2 aromatic rings. The van der Waals surface area contributed by atoms with E-state index in [0.717, 1.165) is 17.7 Å². The maximum absolute atomic E-state index is 6.25. The van der Waals surface area contributed by atoms with Crippen LogP contribution in [-0.2, 0) is 0 Å². The van der Waals surface area contributed by atoms with E-state index >= 15 is 0 Å². The molecule has 0 saturated heterocycles. The Morgan fingerprint density at radius 1 is 1.24 bits per heavy atom. The van der Waals surface area contributed by atoms with Crippen LogP contribution < -0.4 is 10.5 Å². The Balaban J connectivity index is 2.33. The lowest BCUT2D eigenvalue weighted by Gasteiger charge is -2.16. The van der Waals surface area contributed by atoms with Gasteiger partial charge in [0.1, 0.15) is 16.5 Å². The summed E-state index contributed by atoms with van der Waals surface area (Å²) in [5.41, 5.74) is 7.51. The number of hydrogen-bond acceptors (Lipinski definition) is 2. The average Bonchev–Trinajstić information content (AvgIpc) is 2.49. The average molecular weight is 320 g/mol. The number of ether oxygens (including phenoxy) is 1. The summed E-state index contributed by atoms with van der Waals surface area (Å²) in [6, 6.07) is 13.4. The first-order chi connectivity index (χ1) is 10.0. The third-order valence-electron chi connectivity index (χ3n) is 3.50. The van der Waals surface area contributed by atoms with Crippen molar-refractivity contribution in [2.45, 2.75) is 26.2 Å². The van der Waals surface area contributed by atoms with Crippen LogP contribution in [0.4, 0.5) is 0 Å². The van der Waals surface area contributed by atoms with Crippen LogP contribution in [0.1, 0.15) is 37.3 Å². The van der Waals surface area contributed by atoms with E-state index in [1.807, 2.05) is 24.3 Å². The molecule has 0 bridgehead atoms. The largest absolute Gasteiger partial charge is 0.456 e. The molecule has 0 radical (unpaired) electrons. The van der Waals surface area contributed by atoms with Crippen molar-refractivity contribution in [1.29, 1.82) is 0 Å². The van der Waals surface area contributed by atoms with Gasteiger partial charge in [0.25, 0.3) is 0 Å². The van der Waals surface area contributed by atoms with E-state index < -0.39 is 0 Å². The van der Waals surface area contributed by atoms with E-state index in [1.165, 1.54) is 5.56 Å². The van der Waals surface area contributed by atoms with Gasteiger partial charge < -0.3 is 10.5 Å². The Kier molecular flexibility index (Phi) is 5.21. The van der Waals surface area contributed by atoms with Crippen LogP contribution in [0, 0.1) is 0 Å². The number of benzene rings is 2. The van der Waals surface area contributed by atoms with Crippen LogP contribution in [0.3, 0.4) is 0 Å². The molecule has 0 aliphatic carbocycles. The van der Waals surface area contributed by atoms with Crippen molar-refractivity contribution in [2.24, 2.45) is 5.73 Å². The molecular formula is C17H18ClNOS. The fourth-order valence-corrected chi connectivity index (χ4v) is 2.40. The van der Waals surface area contributed by atoms with Gasteiger partial charge in [-0.05, 0) is 42.2 Å². The SMILES string of the molecule is CCC(C)c1ccccc1Oc1ccc(C(N)=S)cc1Cl. The molecule has 0 aromatic heterocycles. The normalized spacial score (nSPS) is 12.0. The summed E-state index contributed by atoms with van der Waals surface area (Å²) in [5, 5.41) is 0.499. The summed E-state index contributed by atoms with van der Waals surface area (Å²) in [7, 11) is 0. The minimum Gasteiger partial charge on any atom is -0.456 e. The Morgan fingerprint density at radius 3 is 2.57 bits per heavy atom. The van der Waals surface area contributed by atoms with E-state index in [-0.39, 0.29) is 0 Å². The summed E-state index contributed by atoms with van der Waals surface area (Å²) in [5.74, 6) is 1.86. The molecule has 4 heteroatoms. The number of thiocarbonyl (C=S) groups is 1. The monoisotopic (exact) mass is 319 g/mol. The van der Waals surface area contributed by atoms with E-state index in [4.69, 9.17) is 34.3 Å². The van der Waals surface area contributed by atoms with E-state index in [9.17, 15) is 0 Å².